The molecule has 1 aromatic carbocycles. The number of nitrogens with one attached hydrogen (secondary N) is 1. The lowest BCUT2D eigenvalue weighted by molar-refractivity contribution is 0.176. The minimum absolute atomic E-state index is 0.0541. The van der Waals surface area contributed by atoms with Crippen molar-refractivity contribution < 1.29 is 9.50 Å². The lowest BCUT2D eigenvalue weighted by atomic mass is 9.96. The fraction of sp³-hybridized carbons (Fsp3) is 0.450. The normalized spacial score (nSPS) is 26.7. The van der Waals surface area contributed by atoms with E-state index in [2.05, 4.69) is 20.6 Å². The number of aromatic nitrogens is 4. The number of aromatic hydroxyl groups is 1. The molecule has 2 fully saturated rings. The molecule has 2 aliphatic heterocycles. The Labute approximate surface area is 162 Å². The molecular weight excluding hydrogens is 359 g/mol. The molecule has 2 saturated heterocycles. The van der Waals surface area contributed by atoms with Crippen molar-refractivity contribution in [3.8, 4) is 17.0 Å². The molecule has 2 unspecified atom stereocenters. The molecule has 146 valence electrons. The maximum atomic E-state index is 14.8. The number of phenols is 1. The highest BCUT2D eigenvalue weighted by Gasteiger charge is 2.43. The van der Waals surface area contributed by atoms with Crippen LogP contribution in [0.4, 0.5) is 10.2 Å². The third-order valence-corrected chi connectivity index (χ3v) is 6.20. The van der Waals surface area contributed by atoms with E-state index in [1.165, 1.54) is 0 Å². The molecule has 0 radical (unpaired) electrons. The predicted molar refractivity (Wildman–Crippen MR) is 105 cm³/mol. The van der Waals surface area contributed by atoms with Crippen molar-refractivity contribution in [1.29, 1.82) is 0 Å². The number of benzene rings is 1. The number of halogens is 1. The second-order valence-electron chi connectivity index (χ2n) is 7.88. The maximum Gasteiger partial charge on any atom is 0.151 e. The molecule has 2 N–H and O–H groups in total. The van der Waals surface area contributed by atoms with Crippen molar-refractivity contribution in [2.45, 2.75) is 43.6 Å². The molecule has 0 spiro atoms. The molecule has 0 aliphatic carbocycles. The van der Waals surface area contributed by atoms with Gasteiger partial charge in [0.15, 0.2) is 5.82 Å². The van der Waals surface area contributed by atoms with E-state index in [0.717, 1.165) is 30.2 Å². The van der Waals surface area contributed by atoms with Crippen LogP contribution in [0.2, 0.25) is 0 Å². The summed E-state index contributed by atoms with van der Waals surface area (Å²) in [5.41, 5.74) is 2.02. The zero-order valence-electron chi connectivity index (χ0n) is 15.9. The lowest BCUT2D eigenvalue weighted by Gasteiger charge is -2.38. The average molecular weight is 382 g/mol. The van der Waals surface area contributed by atoms with E-state index in [0.29, 0.717) is 23.1 Å². The molecule has 0 saturated carbocycles. The maximum absolute atomic E-state index is 14.8. The van der Waals surface area contributed by atoms with Crippen LogP contribution < -0.4 is 10.2 Å². The predicted octanol–water partition coefficient (Wildman–Crippen LogP) is 2.40. The summed E-state index contributed by atoms with van der Waals surface area (Å²) in [6.45, 7) is 0. The zero-order valence-corrected chi connectivity index (χ0v) is 15.9. The molecule has 7 nitrogen and oxygen atoms in total. The van der Waals surface area contributed by atoms with Gasteiger partial charge in [-0.25, -0.2) is 4.39 Å². The van der Waals surface area contributed by atoms with Gasteiger partial charge in [0.1, 0.15) is 11.9 Å². The first-order valence-electron chi connectivity index (χ1n) is 9.63. The number of piperidine rings is 1. The molecular formula is C20H23FN6O. The number of phenolic OH excluding ortho intramolecular Hbond substituents is 1. The molecule has 8 heteroatoms. The van der Waals surface area contributed by atoms with Gasteiger partial charge in [-0.3, -0.25) is 4.68 Å². The van der Waals surface area contributed by atoms with Gasteiger partial charge in [-0.05, 0) is 37.5 Å². The Bertz CT molecular complexity index is 1020. The number of alkyl halides is 1. The highest BCUT2D eigenvalue weighted by Crippen LogP contribution is 2.35. The fourth-order valence-corrected chi connectivity index (χ4v) is 4.57. The highest BCUT2D eigenvalue weighted by atomic mass is 19.1. The number of anilines is 1. The standard InChI is InChI=1S/C20H23FN6O/c1-26(17-8-12-3-4-15(23-12)20(17)21)19-6-5-14(24-25-19)13-7-11-10-22-27(2)16(11)9-18(13)28/h5-7,9-10,12,15,17,20,23,28H,3-4,8H2,1-2H3/t12?,15?,17-,20+/m0/s1. The van der Waals surface area contributed by atoms with E-state index in [1.54, 1.807) is 16.9 Å². The summed E-state index contributed by atoms with van der Waals surface area (Å²) in [5, 5.41) is 27.5. The summed E-state index contributed by atoms with van der Waals surface area (Å²) in [5.74, 6) is 0.768. The summed E-state index contributed by atoms with van der Waals surface area (Å²) in [6.07, 6.45) is 3.55. The summed E-state index contributed by atoms with van der Waals surface area (Å²) >= 11 is 0. The topological polar surface area (TPSA) is 79.1 Å². The highest BCUT2D eigenvalue weighted by molar-refractivity contribution is 5.87. The van der Waals surface area contributed by atoms with Crippen molar-refractivity contribution in [3.63, 3.8) is 0 Å². The third kappa shape index (κ3) is 2.71. The van der Waals surface area contributed by atoms with Gasteiger partial charge >= 0.3 is 0 Å². The summed E-state index contributed by atoms with van der Waals surface area (Å²) in [7, 11) is 3.71. The number of fused-ring (bicyclic) bond motifs is 3. The van der Waals surface area contributed by atoms with Gasteiger partial charge in [-0.2, -0.15) is 5.10 Å². The quantitative estimate of drug-likeness (QED) is 0.724. The second kappa shape index (κ2) is 6.41. The molecule has 2 aliphatic rings. The van der Waals surface area contributed by atoms with Gasteiger partial charge in [0.05, 0.1) is 23.4 Å². The van der Waals surface area contributed by atoms with Crippen molar-refractivity contribution in [2.24, 2.45) is 7.05 Å². The Kier molecular flexibility index (Phi) is 3.97. The number of hydrogen-bond acceptors (Lipinski definition) is 6. The van der Waals surface area contributed by atoms with Gasteiger partial charge in [0.25, 0.3) is 0 Å². The van der Waals surface area contributed by atoms with Crippen LogP contribution in [0.25, 0.3) is 22.2 Å². The summed E-state index contributed by atoms with van der Waals surface area (Å²) < 4.78 is 16.5. The van der Waals surface area contributed by atoms with E-state index in [9.17, 15) is 9.50 Å². The fourth-order valence-electron chi connectivity index (χ4n) is 4.57. The number of rotatable bonds is 3. The lowest BCUT2D eigenvalue weighted by Crippen LogP contribution is -2.55. The SMILES string of the molecule is CN(c1ccc(-c2cc3cnn(C)c3cc2O)nn1)[C@H]1CC2CCC(N2)[C@H]1F. The van der Waals surface area contributed by atoms with E-state index < -0.39 is 6.17 Å². The summed E-state index contributed by atoms with van der Waals surface area (Å²) in [6, 6.07) is 7.33. The molecule has 2 bridgehead atoms. The van der Waals surface area contributed by atoms with Gasteiger partial charge in [0.2, 0.25) is 0 Å². The molecule has 28 heavy (non-hydrogen) atoms. The molecule has 3 aromatic rings. The Morgan fingerprint density at radius 3 is 2.89 bits per heavy atom. The van der Waals surface area contributed by atoms with Crippen molar-refractivity contribution in [3.05, 3.63) is 30.5 Å². The molecule has 2 aromatic heterocycles. The third-order valence-electron chi connectivity index (χ3n) is 6.20. The molecule has 0 amide bonds. The van der Waals surface area contributed by atoms with Crippen LogP contribution >= 0.6 is 0 Å². The van der Waals surface area contributed by atoms with Crippen molar-refractivity contribution in [2.75, 3.05) is 11.9 Å². The first-order chi connectivity index (χ1) is 13.5. The van der Waals surface area contributed by atoms with Crippen LogP contribution in [0.1, 0.15) is 19.3 Å². The van der Waals surface area contributed by atoms with Crippen LogP contribution in [-0.4, -0.2) is 56.4 Å². The van der Waals surface area contributed by atoms with Crippen LogP contribution in [0.5, 0.6) is 5.75 Å². The average Bonchev–Trinajstić information content (AvgIpc) is 3.28. The van der Waals surface area contributed by atoms with E-state index >= 15 is 0 Å². The van der Waals surface area contributed by atoms with Crippen LogP contribution in [0, 0.1) is 0 Å². The number of aryl methyl sites for hydroxylation is 1. The minimum Gasteiger partial charge on any atom is -0.507 e. The van der Waals surface area contributed by atoms with E-state index in [-0.39, 0.29) is 17.8 Å². The molecule has 4 atom stereocenters. The summed E-state index contributed by atoms with van der Waals surface area (Å²) in [4.78, 5) is 1.90. The van der Waals surface area contributed by atoms with Gasteiger partial charge < -0.3 is 15.3 Å². The van der Waals surface area contributed by atoms with Crippen molar-refractivity contribution in [1.82, 2.24) is 25.3 Å². The van der Waals surface area contributed by atoms with Crippen LogP contribution in [0.3, 0.4) is 0 Å². The minimum atomic E-state index is -0.915. The van der Waals surface area contributed by atoms with E-state index in [4.69, 9.17) is 0 Å². The van der Waals surface area contributed by atoms with Gasteiger partial charge in [-0.1, -0.05) is 0 Å². The van der Waals surface area contributed by atoms with Gasteiger partial charge in [0, 0.05) is 43.2 Å². The van der Waals surface area contributed by atoms with E-state index in [1.807, 2.05) is 37.2 Å². The largest absolute Gasteiger partial charge is 0.507 e. The number of nitrogens with zero attached hydrogens (tertiary/aromatic N) is 5. The first kappa shape index (κ1) is 17.4. The Morgan fingerprint density at radius 2 is 2.11 bits per heavy atom. The number of hydrogen-bond donors (Lipinski definition) is 2. The van der Waals surface area contributed by atoms with Crippen LogP contribution in [0.15, 0.2) is 30.5 Å². The Morgan fingerprint density at radius 1 is 1.25 bits per heavy atom. The Balaban J connectivity index is 1.42. The Hall–Kier alpha value is -2.74. The second-order valence-corrected chi connectivity index (χ2v) is 7.88. The smallest absolute Gasteiger partial charge is 0.151 e. The first-order valence-corrected chi connectivity index (χ1v) is 9.63. The zero-order chi connectivity index (χ0) is 19.4. The van der Waals surface area contributed by atoms with Crippen molar-refractivity contribution >= 4 is 16.7 Å². The van der Waals surface area contributed by atoms with Gasteiger partial charge in [-0.15, -0.1) is 10.2 Å². The molecule has 4 heterocycles. The monoisotopic (exact) mass is 382 g/mol. The molecule has 5 rings (SSSR count). The van der Waals surface area contributed by atoms with Crippen LogP contribution in [-0.2, 0) is 7.05 Å².